The van der Waals surface area contributed by atoms with Crippen LogP contribution in [0.3, 0.4) is 0 Å². The largest absolute Gasteiger partial charge is 0.507 e. The lowest BCUT2D eigenvalue weighted by molar-refractivity contribution is -0.132. The smallest absolute Gasteiger partial charge is 0.301 e. The maximum absolute atomic E-state index is 13.5. The van der Waals surface area contributed by atoms with Gasteiger partial charge in [-0.3, -0.25) is 14.5 Å². The minimum Gasteiger partial charge on any atom is -0.507 e. The number of thiazole rings is 1. The maximum atomic E-state index is 13.5. The number of amides is 1. The van der Waals surface area contributed by atoms with E-state index in [1.807, 2.05) is 0 Å². The van der Waals surface area contributed by atoms with E-state index in [9.17, 15) is 14.7 Å². The monoisotopic (exact) mass is 534 g/mol. The summed E-state index contributed by atoms with van der Waals surface area (Å²) >= 11 is 7.39. The van der Waals surface area contributed by atoms with Crippen molar-refractivity contribution in [2.75, 3.05) is 25.2 Å². The van der Waals surface area contributed by atoms with Crippen LogP contribution < -0.4 is 19.1 Å². The van der Waals surface area contributed by atoms with Gasteiger partial charge in [0.1, 0.15) is 24.7 Å². The summed E-state index contributed by atoms with van der Waals surface area (Å²) in [6, 6.07) is 16.2. The van der Waals surface area contributed by atoms with Gasteiger partial charge in [0.05, 0.1) is 28.9 Å². The van der Waals surface area contributed by atoms with Crippen LogP contribution in [0.1, 0.15) is 17.2 Å². The van der Waals surface area contributed by atoms with E-state index in [1.54, 1.807) is 60.7 Å². The second kappa shape index (κ2) is 9.10. The Labute approximate surface area is 220 Å². The number of carbonyl (C=O) groups is 2. The van der Waals surface area contributed by atoms with E-state index < -0.39 is 17.7 Å². The van der Waals surface area contributed by atoms with Gasteiger partial charge in [-0.05, 0) is 54.1 Å². The number of aliphatic hydroxyl groups excluding tert-OH is 1. The van der Waals surface area contributed by atoms with Crippen molar-refractivity contribution < 1.29 is 28.9 Å². The number of ether oxygens (including phenoxy) is 3. The average Bonchev–Trinajstić information content (AvgIpc) is 3.45. The first kappa shape index (κ1) is 23.3. The van der Waals surface area contributed by atoms with Crippen LogP contribution in [0, 0.1) is 0 Å². The minimum absolute atomic E-state index is 0.0628. The Bertz CT molecular complexity index is 1610. The van der Waals surface area contributed by atoms with Gasteiger partial charge < -0.3 is 19.3 Å². The molecule has 1 saturated heterocycles. The minimum atomic E-state index is -0.945. The molecule has 0 aliphatic carbocycles. The zero-order chi connectivity index (χ0) is 25.7. The van der Waals surface area contributed by atoms with E-state index in [-0.39, 0.29) is 11.3 Å². The van der Waals surface area contributed by atoms with E-state index in [0.717, 1.165) is 4.70 Å². The van der Waals surface area contributed by atoms with Crippen LogP contribution in [-0.4, -0.2) is 42.1 Å². The van der Waals surface area contributed by atoms with Crippen LogP contribution in [0.5, 0.6) is 17.2 Å². The van der Waals surface area contributed by atoms with Crippen LogP contribution in [0.15, 0.2) is 66.2 Å². The number of carbonyl (C=O) groups excluding carboxylic acids is 2. The molecule has 4 aromatic rings. The number of fused-ring (bicyclic) bond motifs is 2. The fourth-order valence-electron chi connectivity index (χ4n) is 4.49. The fourth-order valence-corrected chi connectivity index (χ4v) is 5.76. The zero-order valence-electron chi connectivity index (χ0n) is 19.4. The van der Waals surface area contributed by atoms with Gasteiger partial charge in [0.15, 0.2) is 16.6 Å². The highest BCUT2D eigenvalue weighted by Crippen LogP contribution is 2.45. The highest BCUT2D eigenvalue weighted by molar-refractivity contribution is 7.22. The van der Waals surface area contributed by atoms with Crippen LogP contribution >= 0.6 is 22.9 Å². The first-order chi connectivity index (χ1) is 17.9. The van der Waals surface area contributed by atoms with Crippen molar-refractivity contribution in [3.05, 3.63) is 82.4 Å². The number of benzene rings is 3. The van der Waals surface area contributed by atoms with Gasteiger partial charge in [-0.25, -0.2) is 4.98 Å². The predicted octanol–water partition coefficient (Wildman–Crippen LogP) is 5.36. The summed E-state index contributed by atoms with van der Waals surface area (Å²) in [4.78, 5) is 32.8. The third-order valence-electron chi connectivity index (χ3n) is 6.21. The Morgan fingerprint density at radius 2 is 1.89 bits per heavy atom. The molecule has 1 atom stereocenters. The number of rotatable bonds is 4. The quantitative estimate of drug-likeness (QED) is 0.214. The Kier molecular flexibility index (Phi) is 5.73. The highest BCUT2D eigenvalue weighted by atomic mass is 35.5. The standard InChI is InChI=1S/C27H19ClN2O6S/c1-34-17-4-2-3-14(11-17)23-22(24(31)15-5-8-19-20(12-15)36-10-9-35-19)25(32)26(33)30(23)27-29-18-7-6-16(28)13-21(18)37-27/h2-8,11-13,23,31H,9-10H2,1H3. The molecule has 0 spiro atoms. The van der Waals surface area contributed by atoms with E-state index in [0.29, 0.717) is 57.3 Å². The SMILES string of the molecule is COc1cccc(C2C(=C(O)c3ccc4c(c3)OCCO4)C(=O)C(=O)N2c2nc3ccc(Cl)cc3s2)c1. The summed E-state index contributed by atoms with van der Waals surface area (Å²) in [6.07, 6.45) is 0. The summed E-state index contributed by atoms with van der Waals surface area (Å²) < 4.78 is 17.4. The predicted molar refractivity (Wildman–Crippen MR) is 140 cm³/mol. The van der Waals surface area contributed by atoms with E-state index >= 15 is 0 Å². The third kappa shape index (κ3) is 3.96. The van der Waals surface area contributed by atoms with Crippen molar-refractivity contribution in [1.82, 2.24) is 4.98 Å². The molecule has 3 heterocycles. The number of aliphatic hydroxyl groups is 1. The van der Waals surface area contributed by atoms with Gasteiger partial charge >= 0.3 is 5.91 Å². The van der Waals surface area contributed by atoms with E-state index in [2.05, 4.69) is 4.98 Å². The molecule has 6 rings (SSSR count). The molecular formula is C27H19ClN2O6S. The Morgan fingerprint density at radius 1 is 1.08 bits per heavy atom. The normalized spacial score (nSPS) is 18.4. The first-order valence-corrected chi connectivity index (χ1v) is 12.5. The van der Waals surface area contributed by atoms with Gasteiger partial charge in [0.2, 0.25) is 0 Å². The van der Waals surface area contributed by atoms with Gasteiger partial charge in [-0.15, -0.1) is 0 Å². The molecule has 1 N–H and O–H groups in total. The molecule has 186 valence electrons. The van der Waals surface area contributed by atoms with Gasteiger partial charge in [0, 0.05) is 10.6 Å². The lowest BCUT2D eigenvalue weighted by atomic mass is 9.95. The second-order valence-electron chi connectivity index (χ2n) is 8.41. The molecule has 1 amide bonds. The number of methoxy groups -OCH3 is 1. The van der Waals surface area contributed by atoms with Crippen LogP contribution in [-0.2, 0) is 9.59 Å². The van der Waals surface area contributed by atoms with Crippen molar-refractivity contribution in [2.24, 2.45) is 0 Å². The van der Waals surface area contributed by atoms with Crippen LogP contribution in [0.2, 0.25) is 5.02 Å². The van der Waals surface area contributed by atoms with Gasteiger partial charge in [-0.2, -0.15) is 0 Å². The average molecular weight is 535 g/mol. The lowest BCUT2D eigenvalue weighted by Gasteiger charge is -2.23. The number of halogens is 1. The molecule has 1 fully saturated rings. The zero-order valence-corrected chi connectivity index (χ0v) is 21.0. The molecule has 0 saturated carbocycles. The third-order valence-corrected chi connectivity index (χ3v) is 7.47. The van der Waals surface area contributed by atoms with Crippen molar-refractivity contribution >= 4 is 55.7 Å². The molecule has 1 unspecified atom stereocenters. The molecule has 10 heteroatoms. The first-order valence-electron chi connectivity index (χ1n) is 11.4. The summed E-state index contributed by atoms with van der Waals surface area (Å²) in [5.74, 6) is -0.408. The number of hydrogen-bond donors (Lipinski definition) is 1. The topological polar surface area (TPSA) is 98.2 Å². The number of nitrogens with zero attached hydrogens (tertiary/aromatic N) is 2. The maximum Gasteiger partial charge on any atom is 0.301 e. The number of aromatic nitrogens is 1. The van der Waals surface area contributed by atoms with Gasteiger partial charge in [-0.1, -0.05) is 35.1 Å². The summed E-state index contributed by atoms with van der Waals surface area (Å²) in [6.45, 7) is 0.791. The number of anilines is 1. The molecule has 3 aromatic carbocycles. The highest BCUT2D eigenvalue weighted by Gasteiger charge is 2.48. The summed E-state index contributed by atoms with van der Waals surface area (Å²) in [7, 11) is 1.53. The van der Waals surface area contributed by atoms with E-state index in [4.69, 9.17) is 25.8 Å². The van der Waals surface area contributed by atoms with Crippen molar-refractivity contribution in [1.29, 1.82) is 0 Å². The molecule has 0 bridgehead atoms. The summed E-state index contributed by atoms with van der Waals surface area (Å²) in [5.41, 5.74) is 1.48. The van der Waals surface area contributed by atoms with Crippen molar-refractivity contribution in [3.8, 4) is 17.2 Å². The summed E-state index contributed by atoms with van der Waals surface area (Å²) in [5, 5.41) is 12.3. The fraction of sp³-hybridized carbons (Fsp3) is 0.148. The van der Waals surface area contributed by atoms with Crippen molar-refractivity contribution in [3.63, 3.8) is 0 Å². The molecule has 2 aliphatic heterocycles. The Morgan fingerprint density at radius 3 is 2.70 bits per heavy atom. The number of ketones is 1. The lowest BCUT2D eigenvalue weighted by Crippen LogP contribution is -2.29. The van der Waals surface area contributed by atoms with Gasteiger partial charge in [0.25, 0.3) is 5.78 Å². The van der Waals surface area contributed by atoms with E-state index in [1.165, 1.54) is 23.3 Å². The number of Topliss-reactive ketones (excluding diaryl/α,β-unsaturated/α-hetero) is 1. The molecule has 8 nitrogen and oxygen atoms in total. The molecule has 1 aromatic heterocycles. The molecule has 2 aliphatic rings. The molecular weight excluding hydrogens is 516 g/mol. The van der Waals surface area contributed by atoms with Crippen LogP contribution in [0.25, 0.3) is 16.0 Å². The molecule has 37 heavy (non-hydrogen) atoms. The molecule has 0 radical (unpaired) electrons. The Balaban J connectivity index is 1.55. The van der Waals surface area contributed by atoms with Crippen LogP contribution in [0.4, 0.5) is 5.13 Å². The second-order valence-corrected chi connectivity index (χ2v) is 9.86. The van der Waals surface area contributed by atoms with Crippen molar-refractivity contribution in [2.45, 2.75) is 6.04 Å². The Hall–Kier alpha value is -4.08. The number of hydrogen-bond acceptors (Lipinski definition) is 8.